The van der Waals surface area contributed by atoms with E-state index in [2.05, 4.69) is 15.3 Å². The van der Waals surface area contributed by atoms with Crippen molar-refractivity contribution >= 4 is 27.2 Å². The van der Waals surface area contributed by atoms with Crippen LogP contribution in [0.15, 0.2) is 59.4 Å². The maximum Gasteiger partial charge on any atom is 0.275 e. The van der Waals surface area contributed by atoms with Crippen molar-refractivity contribution in [2.45, 2.75) is 6.54 Å². The zero-order chi connectivity index (χ0) is 16.5. The molecule has 0 spiro atoms. The summed E-state index contributed by atoms with van der Waals surface area (Å²) in [5.74, 6) is 0. The molecule has 24 heavy (non-hydrogen) atoms. The molecule has 0 radical (unpaired) electrons. The van der Waals surface area contributed by atoms with Crippen LogP contribution in [0.1, 0.15) is 5.01 Å². The number of fused-ring (bicyclic) bond motifs is 1. The SMILES string of the molecule is Nc1nnc(Cn2nc(-c3ccccc3)c3ccccc3c2=O)s1. The van der Waals surface area contributed by atoms with Crippen LogP contribution in [0.25, 0.3) is 22.0 Å². The minimum Gasteiger partial charge on any atom is -0.374 e. The van der Waals surface area contributed by atoms with E-state index in [0.717, 1.165) is 16.6 Å². The summed E-state index contributed by atoms with van der Waals surface area (Å²) in [5, 5.41) is 14.8. The van der Waals surface area contributed by atoms with Crippen molar-refractivity contribution in [3.63, 3.8) is 0 Å². The third-order valence-corrected chi connectivity index (χ3v) is 4.42. The lowest BCUT2D eigenvalue weighted by atomic mass is 10.1. The van der Waals surface area contributed by atoms with E-state index in [1.54, 1.807) is 0 Å². The van der Waals surface area contributed by atoms with Gasteiger partial charge in [0.1, 0.15) is 5.01 Å². The molecule has 2 heterocycles. The molecule has 0 saturated heterocycles. The topological polar surface area (TPSA) is 86.7 Å². The Hall–Kier alpha value is -3.06. The molecule has 7 heteroatoms. The van der Waals surface area contributed by atoms with Crippen LogP contribution in [0.5, 0.6) is 0 Å². The van der Waals surface area contributed by atoms with Crippen molar-refractivity contribution in [2.24, 2.45) is 0 Å². The Morgan fingerprint density at radius 1 is 0.958 bits per heavy atom. The van der Waals surface area contributed by atoms with Crippen LogP contribution in [0.3, 0.4) is 0 Å². The zero-order valence-corrected chi connectivity index (χ0v) is 13.4. The highest BCUT2D eigenvalue weighted by atomic mass is 32.1. The fourth-order valence-corrected chi connectivity index (χ4v) is 3.20. The highest BCUT2D eigenvalue weighted by molar-refractivity contribution is 7.15. The van der Waals surface area contributed by atoms with Gasteiger partial charge < -0.3 is 5.73 Å². The van der Waals surface area contributed by atoms with Crippen molar-refractivity contribution < 1.29 is 0 Å². The summed E-state index contributed by atoms with van der Waals surface area (Å²) in [6, 6.07) is 17.3. The van der Waals surface area contributed by atoms with Gasteiger partial charge in [0, 0.05) is 10.9 Å². The van der Waals surface area contributed by atoms with Crippen LogP contribution >= 0.6 is 11.3 Å². The van der Waals surface area contributed by atoms with E-state index in [9.17, 15) is 4.79 Å². The molecule has 0 aliphatic carbocycles. The minimum atomic E-state index is -0.154. The van der Waals surface area contributed by atoms with Crippen molar-refractivity contribution in [1.82, 2.24) is 20.0 Å². The molecule has 0 aliphatic heterocycles. The highest BCUT2D eigenvalue weighted by Gasteiger charge is 2.13. The van der Waals surface area contributed by atoms with Gasteiger partial charge in [-0.25, -0.2) is 4.68 Å². The summed E-state index contributed by atoms with van der Waals surface area (Å²) >= 11 is 1.25. The molecule has 0 aliphatic rings. The number of hydrogen-bond donors (Lipinski definition) is 1. The van der Waals surface area contributed by atoms with E-state index in [1.165, 1.54) is 16.0 Å². The molecule has 0 amide bonds. The normalized spacial score (nSPS) is 11.0. The quantitative estimate of drug-likeness (QED) is 0.622. The molecule has 6 nitrogen and oxygen atoms in total. The predicted octanol–water partition coefficient (Wildman–Crippen LogP) is 2.55. The summed E-state index contributed by atoms with van der Waals surface area (Å²) in [4.78, 5) is 12.7. The third-order valence-electron chi connectivity index (χ3n) is 3.68. The standard InChI is InChI=1S/C17H13N5OS/c18-17-20-19-14(24-17)10-22-16(23)13-9-5-4-8-12(13)15(21-22)11-6-2-1-3-7-11/h1-9H,10H2,(H2,18,20). The van der Waals surface area contributed by atoms with Crippen molar-refractivity contribution in [1.29, 1.82) is 0 Å². The van der Waals surface area contributed by atoms with Gasteiger partial charge in [-0.15, -0.1) is 10.2 Å². The lowest BCUT2D eigenvalue weighted by molar-refractivity contribution is 0.643. The zero-order valence-electron chi connectivity index (χ0n) is 12.6. The average molecular weight is 335 g/mol. The van der Waals surface area contributed by atoms with Crippen molar-refractivity contribution in [3.05, 3.63) is 70.0 Å². The van der Waals surface area contributed by atoms with Crippen LogP contribution in [-0.2, 0) is 6.54 Å². The number of hydrogen-bond acceptors (Lipinski definition) is 6. The van der Waals surface area contributed by atoms with Gasteiger partial charge in [0.2, 0.25) is 5.13 Å². The van der Waals surface area contributed by atoms with E-state index in [-0.39, 0.29) is 12.1 Å². The van der Waals surface area contributed by atoms with E-state index in [4.69, 9.17) is 5.73 Å². The Morgan fingerprint density at radius 3 is 2.38 bits per heavy atom. The predicted molar refractivity (Wildman–Crippen MR) is 94.9 cm³/mol. The van der Waals surface area contributed by atoms with Gasteiger partial charge in [-0.2, -0.15) is 5.10 Å². The van der Waals surface area contributed by atoms with E-state index < -0.39 is 0 Å². The van der Waals surface area contributed by atoms with Gasteiger partial charge in [-0.3, -0.25) is 4.79 Å². The number of benzene rings is 2. The molecule has 0 bridgehead atoms. The van der Waals surface area contributed by atoms with Crippen molar-refractivity contribution in [2.75, 3.05) is 5.73 Å². The Morgan fingerprint density at radius 2 is 1.67 bits per heavy atom. The Labute approximate surface area is 141 Å². The average Bonchev–Trinajstić information content (AvgIpc) is 3.03. The first kappa shape index (κ1) is 14.5. The molecule has 0 atom stereocenters. The molecule has 118 valence electrons. The highest BCUT2D eigenvalue weighted by Crippen LogP contribution is 2.24. The maximum absolute atomic E-state index is 12.7. The van der Waals surface area contributed by atoms with Gasteiger partial charge in [-0.05, 0) is 6.07 Å². The van der Waals surface area contributed by atoms with Gasteiger partial charge in [-0.1, -0.05) is 59.9 Å². The largest absolute Gasteiger partial charge is 0.374 e. The molecular weight excluding hydrogens is 322 g/mol. The second-order valence-electron chi connectivity index (χ2n) is 5.26. The summed E-state index contributed by atoms with van der Waals surface area (Å²) < 4.78 is 1.42. The number of nitrogens with zero attached hydrogens (tertiary/aromatic N) is 4. The van der Waals surface area contributed by atoms with E-state index in [0.29, 0.717) is 15.5 Å². The number of nitrogens with two attached hydrogens (primary N) is 1. The number of anilines is 1. The van der Waals surface area contributed by atoms with Crippen LogP contribution in [0.2, 0.25) is 0 Å². The summed E-state index contributed by atoms with van der Waals surface area (Å²) in [6.45, 7) is 0.248. The first-order valence-electron chi connectivity index (χ1n) is 7.35. The number of nitrogen functional groups attached to an aromatic ring is 1. The molecule has 4 aromatic rings. The number of aromatic nitrogens is 4. The molecule has 2 N–H and O–H groups in total. The molecule has 2 aromatic carbocycles. The van der Waals surface area contributed by atoms with Crippen LogP contribution in [0, 0.1) is 0 Å². The molecular formula is C17H13N5OS. The fraction of sp³-hybridized carbons (Fsp3) is 0.0588. The summed E-state index contributed by atoms with van der Waals surface area (Å²) in [6.07, 6.45) is 0. The van der Waals surface area contributed by atoms with Gasteiger partial charge in [0.15, 0.2) is 0 Å². The molecule has 0 fully saturated rings. The molecule has 0 saturated carbocycles. The Kier molecular flexibility index (Phi) is 3.55. The Bertz CT molecular complexity index is 1070. The lowest BCUT2D eigenvalue weighted by Gasteiger charge is -2.10. The first-order valence-corrected chi connectivity index (χ1v) is 8.17. The van der Waals surface area contributed by atoms with Crippen LogP contribution in [0.4, 0.5) is 5.13 Å². The monoisotopic (exact) mass is 335 g/mol. The minimum absolute atomic E-state index is 0.154. The van der Waals surface area contributed by atoms with Crippen LogP contribution in [-0.4, -0.2) is 20.0 Å². The second kappa shape index (κ2) is 5.86. The van der Waals surface area contributed by atoms with E-state index in [1.807, 2.05) is 54.6 Å². The van der Waals surface area contributed by atoms with Gasteiger partial charge in [0.25, 0.3) is 5.56 Å². The van der Waals surface area contributed by atoms with Crippen LogP contribution < -0.4 is 11.3 Å². The third kappa shape index (κ3) is 2.55. The molecule has 2 aromatic heterocycles. The Balaban J connectivity index is 1.95. The summed E-state index contributed by atoms with van der Waals surface area (Å²) in [7, 11) is 0. The maximum atomic E-state index is 12.7. The smallest absolute Gasteiger partial charge is 0.275 e. The second-order valence-corrected chi connectivity index (χ2v) is 6.35. The number of rotatable bonds is 3. The molecule has 0 unspecified atom stereocenters. The molecule has 4 rings (SSSR count). The van der Waals surface area contributed by atoms with Gasteiger partial charge in [0.05, 0.1) is 17.6 Å². The van der Waals surface area contributed by atoms with Crippen molar-refractivity contribution in [3.8, 4) is 11.3 Å². The summed E-state index contributed by atoms with van der Waals surface area (Å²) in [5.41, 5.74) is 7.19. The first-order chi connectivity index (χ1) is 11.7. The lowest BCUT2D eigenvalue weighted by Crippen LogP contribution is -2.24. The fourth-order valence-electron chi connectivity index (χ4n) is 2.61. The van der Waals surface area contributed by atoms with E-state index >= 15 is 0 Å². The van der Waals surface area contributed by atoms with Gasteiger partial charge >= 0.3 is 0 Å².